The van der Waals surface area contributed by atoms with Crippen molar-refractivity contribution in [2.75, 3.05) is 0 Å². The first-order valence-corrected chi connectivity index (χ1v) is 15.4. The average Bonchev–Trinajstić information content (AvgIpc) is 3.42. The minimum absolute atomic E-state index is 0.0301. The molecule has 2 nitrogen and oxygen atoms in total. The number of aryl methyl sites for hydroxylation is 1. The van der Waals surface area contributed by atoms with Gasteiger partial charge < -0.3 is 4.74 Å². The molecule has 0 N–H and O–H groups in total. The van der Waals surface area contributed by atoms with Crippen molar-refractivity contribution in [3.05, 3.63) is 198 Å². The predicted molar refractivity (Wildman–Crippen MR) is 191 cm³/mol. The SMILES string of the molecule is C=Cc1ccc(-c2ccc(Oc3ccc(C4=C(c5ccccc5)C(=O)C(c5ccccc5)=C4c4ccc(C)cc4)cc3)cc2)cc1. The third-order valence-electron chi connectivity index (χ3n) is 8.38. The van der Waals surface area contributed by atoms with E-state index in [2.05, 4.69) is 86.3 Å². The van der Waals surface area contributed by atoms with Crippen molar-refractivity contribution in [3.63, 3.8) is 0 Å². The van der Waals surface area contributed by atoms with E-state index >= 15 is 0 Å². The fourth-order valence-corrected chi connectivity index (χ4v) is 6.01. The van der Waals surface area contributed by atoms with Crippen molar-refractivity contribution in [3.8, 4) is 22.6 Å². The molecule has 0 aromatic heterocycles. The van der Waals surface area contributed by atoms with E-state index in [-0.39, 0.29) is 5.78 Å². The summed E-state index contributed by atoms with van der Waals surface area (Å²) >= 11 is 0. The summed E-state index contributed by atoms with van der Waals surface area (Å²) < 4.78 is 6.26. The first-order chi connectivity index (χ1) is 22.6. The Balaban J connectivity index is 1.27. The quantitative estimate of drug-likeness (QED) is 0.176. The smallest absolute Gasteiger partial charge is 0.195 e. The van der Waals surface area contributed by atoms with Crippen molar-refractivity contribution in [2.24, 2.45) is 0 Å². The highest BCUT2D eigenvalue weighted by atomic mass is 16.5. The van der Waals surface area contributed by atoms with Gasteiger partial charge in [-0.1, -0.05) is 152 Å². The first kappa shape index (κ1) is 28.8. The minimum atomic E-state index is 0.0301. The molecule has 46 heavy (non-hydrogen) atoms. The van der Waals surface area contributed by atoms with E-state index in [1.54, 1.807) is 0 Å². The Morgan fingerprint density at radius 2 is 0.804 bits per heavy atom. The lowest BCUT2D eigenvalue weighted by Gasteiger charge is -2.15. The van der Waals surface area contributed by atoms with Crippen LogP contribution < -0.4 is 4.74 Å². The third kappa shape index (κ3) is 5.65. The maximum Gasteiger partial charge on any atom is 0.195 e. The van der Waals surface area contributed by atoms with Crippen LogP contribution in [0.2, 0.25) is 0 Å². The van der Waals surface area contributed by atoms with Crippen molar-refractivity contribution >= 4 is 34.2 Å². The van der Waals surface area contributed by atoms with Crippen LogP contribution in [0.3, 0.4) is 0 Å². The van der Waals surface area contributed by atoms with Crippen molar-refractivity contribution in [2.45, 2.75) is 6.92 Å². The lowest BCUT2D eigenvalue weighted by atomic mass is 9.89. The standard InChI is InChI=1S/C44H32O2/c1-3-31-16-20-32(21-17-31)33-22-26-38(27-23-33)46-39-28-24-37(25-29-39)41-40(36-18-14-30(2)15-19-36)42(34-10-6-4-7-11-34)44(45)43(41)35-12-8-5-9-13-35/h3-29H,1H2,2H3. The molecule has 0 spiro atoms. The summed E-state index contributed by atoms with van der Waals surface area (Å²) in [5.74, 6) is 1.51. The van der Waals surface area contributed by atoms with Crippen LogP contribution >= 0.6 is 0 Å². The Labute approximate surface area is 270 Å². The number of allylic oxidation sites excluding steroid dienone is 4. The summed E-state index contributed by atoms with van der Waals surface area (Å²) in [6.07, 6.45) is 1.84. The van der Waals surface area contributed by atoms with E-state index in [1.165, 1.54) is 5.56 Å². The number of carbonyl (C=O) groups excluding carboxylic acids is 1. The zero-order valence-electron chi connectivity index (χ0n) is 25.6. The second kappa shape index (κ2) is 12.6. The summed E-state index contributed by atoms with van der Waals surface area (Å²) in [4.78, 5) is 14.5. The van der Waals surface area contributed by atoms with Gasteiger partial charge in [-0.15, -0.1) is 0 Å². The molecule has 0 saturated heterocycles. The number of hydrogen-bond acceptors (Lipinski definition) is 2. The lowest BCUT2D eigenvalue weighted by Crippen LogP contribution is -2.01. The van der Waals surface area contributed by atoms with Crippen LogP contribution in [0.4, 0.5) is 0 Å². The molecule has 0 unspecified atom stereocenters. The van der Waals surface area contributed by atoms with Gasteiger partial charge in [-0.2, -0.15) is 0 Å². The average molecular weight is 593 g/mol. The Morgan fingerprint density at radius 1 is 0.435 bits per heavy atom. The molecule has 0 atom stereocenters. The van der Waals surface area contributed by atoms with Crippen LogP contribution in [0.1, 0.15) is 33.4 Å². The Bertz CT molecular complexity index is 2080. The van der Waals surface area contributed by atoms with Gasteiger partial charge in [0.1, 0.15) is 11.5 Å². The second-order valence-corrected chi connectivity index (χ2v) is 11.4. The van der Waals surface area contributed by atoms with Gasteiger partial charge in [0.15, 0.2) is 5.78 Å². The van der Waals surface area contributed by atoms with Crippen molar-refractivity contribution < 1.29 is 9.53 Å². The van der Waals surface area contributed by atoms with Gasteiger partial charge >= 0.3 is 0 Å². The van der Waals surface area contributed by atoms with E-state index in [1.807, 2.05) is 91.0 Å². The lowest BCUT2D eigenvalue weighted by molar-refractivity contribution is -0.108. The molecule has 0 fully saturated rings. The monoisotopic (exact) mass is 592 g/mol. The highest BCUT2D eigenvalue weighted by Crippen LogP contribution is 2.49. The number of benzene rings is 6. The topological polar surface area (TPSA) is 26.3 Å². The van der Waals surface area contributed by atoms with Gasteiger partial charge in [0.2, 0.25) is 0 Å². The number of ether oxygens (including phenoxy) is 1. The molecule has 6 aromatic rings. The number of hydrogen-bond donors (Lipinski definition) is 0. The molecular weight excluding hydrogens is 560 g/mol. The van der Waals surface area contributed by atoms with Crippen LogP contribution in [0.5, 0.6) is 11.5 Å². The largest absolute Gasteiger partial charge is 0.457 e. The summed E-state index contributed by atoms with van der Waals surface area (Å²) in [7, 11) is 0. The molecule has 0 bridgehead atoms. The normalized spacial score (nSPS) is 12.8. The van der Waals surface area contributed by atoms with E-state index in [4.69, 9.17) is 4.74 Å². The van der Waals surface area contributed by atoms with Gasteiger partial charge in [0.25, 0.3) is 0 Å². The second-order valence-electron chi connectivity index (χ2n) is 11.4. The summed E-state index contributed by atoms with van der Waals surface area (Å²) in [5.41, 5.74) is 11.6. The molecular formula is C44H32O2. The number of rotatable bonds is 8. The van der Waals surface area contributed by atoms with Gasteiger partial charge in [-0.3, -0.25) is 4.79 Å². The van der Waals surface area contributed by atoms with Gasteiger partial charge in [-0.25, -0.2) is 0 Å². The molecule has 0 radical (unpaired) electrons. The molecule has 220 valence electrons. The van der Waals surface area contributed by atoms with Crippen LogP contribution in [0.15, 0.2) is 164 Å². The van der Waals surface area contributed by atoms with Crippen LogP contribution in [-0.4, -0.2) is 5.78 Å². The maximum atomic E-state index is 14.5. The van der Waals surface area contributed by atoms with Gasteiger partial charge in [-0.05, 0) is 70.1 Å². The molecule has 0 aliphatic heterocycles. The number of Topliss-reactive ketones (excluding diaryl/α,β-unsaturated/α-hetero) is 1. The molecule has 6 aromatic carbocycles. The Hall–Kier alpha value is -5.99. The highest BCUT2D eigenvalue weighted by Gasteiger charge is 2.35. The van der Waals surface area contributed by atoms with Crippen LogP contribution in [0.25, 0.3) is 39.5 Å². The molecule has 0 amide bonds. The number of ketones is 1. The van der Waals surface area contributed by atoms with Gasteiger partial charge in [0.05, 0.1) is 0 Å². The van der Waals surface area contributed by atoms with Gasteiger partial charge in [0, 0.05) is 22.3 Å². The van der Waals surface area contributed by atoms with Crippen LogP contribution in [0, 0.1) is 6.92 Å². The van der Waals surface area contributed by atoms with Crippen molar-refractivity contribution in [1.29, 1.82) is 0 Å². The Kier molecular flexibility index (Phi) is 7.85. The van der Waals surface area contributed by atoms with E-state index in [0.717, 1.165) is 67.2 Å². The summed E-state index contributed by atoms with van der Waals surface area (Å²) in [5, 5.41) is 0. The summed E-state index contributed by atoms with van der Waals surface area (Å²) in [6.45, 7) is 5.91. The van der Waals surface area contributed by atoms with E-state index in [0.29, 0.717) is 5.57 Å². The zero-order chi connectivity index (χ0) is 31.5. The number of carbonyl (C=O) groups is 1. The third-order valence-corrected chi connectivity index (χ3v) is 8.38. The fraction of sp³-hybridized carbons (Fsp3) is 0.0227. The molecule has 2 heteroatoms. The van der Waals surface area contributed by atoms with E-state index < -0.39 is 0 Å². The fourth-order valence-electron chi connectivity index (χ4n) is 6.01. The zero-order valence-corrected chi connectivity index (χ0v) is 25.6. The van der Waals surface area contributed by atoms with E-state index in [9.17, 15) is 4.79 Å². The first-order valence-electron chi connectivity index (χ1n) is 15.4. The highest BCUT2D eigenvalue weighted by molar-refractivity contribution is 6.59. The molecule has 0 heterocycles. The molecule has 1 aliphatic carbocycles. The molecule has 0 saturated carbocycles. The minimum Gasteiger partial charge on any atom is -0.457 e. The molecule has 1 aliphatic rings. The maximum absolute atomic E-state index is 14.5. The Morgan fingerprint density at radius 3 is 1.24 bits per heavy atom. The van der Waals surface area contributed by atoms with Crippen LogP contribution in [-0.2, 0) is 4.79 Å². The predicted octanol–water partition coefficient (Wildman–Crippen LogP) is 11.2. The summed E-state index contributed by atoms with van der Waals surface area (Å²) in [6, 6.07) is 52.9. The molecule has 7 rings (SSSR count). The van der Waals surface area contributed by atoms with Crippen molar-refractivity contribution in [1.82, 2.24) is 0 Å².